The van der Waals surface area contributed by atoms with Gasteiger partial charge in [-0.2, -0.15) is 5.10 Å². The fraction of sp³-hybridized carbons (Fsp3) is 0.111. The number of rotatable bonds is 6. The Morgan fingerprint density at radius 2 is 2.15 bits per heavy atom. The lowest BCUT2D eigenvalue weighted by Gasteiger charge is -2.05. The van der Waals surface area contributed by atoms with Crippen LogP contribution in [0.25, 0.3) is 0 Å². The average molecular weight is 387 g/mol. The van der Waals surface area contributed by atoms with Crippen LogP contribution in [0.15, 0.2) is 54.9 Å². The lowest BCUT2D eigenvalue weighted by atomic mass is 10.2. The number of halogens is 1. The molecule has 0 aliphatic carbocycles. The maximum atomic E-state index is 12.3. The molecule has 2 aromatic carbocycles. The number of benzene rings is 2. The van der Waals surface area contributed by atoms with Gasteiger partial charge in [-0.1, -0.05) is 23.7 Å². The smallest absolute Gasteiger partial charge is 0.288 e. The summed E-state index contributed by atoms with van der Waals surface area (Å²) < 4.78 is 6.85. The van der Waals surface area contributed by atoms with E-state index in [1.807, 2.05) is 24.3 Å². The van der Waals surface area contributed by atoms with Gasteiger partial charge in [0.1, 0.15) is 10.8 Å². The van der Waals surface area contributed by atoms with Crippen LogP contribution in [-0.2, 0) is 6.54 Å². The number of carbonyl (C=O) groups excluding carboxylic acids is 1. The Morgan fingerprint density at radius 3 is 2.89 bits per heavy atom. The predicted molar refractivity (Wildman–Crippen MR) is 100 cm³/mol. The third-order valence-electron chi connectivity index (χ3n) is 3.77. The zero-order valence-corrected chi connectivity index (χ0v) is 15.0. The number of nitrogens with one attached hydrogen (secondary N) is 1. The first kappa shape index (κ1) is 18.4. The molecule has 3 aromatic rings. The van der Waals surface area contributed by atoms with Gasteiger partial charge in [0.15, 0.2) is 0 Å². The molecule has 0 aliphatic heterocycles. The van der Waals surface area contributed by atoms with E-state index in [-0.39, 0.29) is 16.3 Å². The molecule has 0 unspecified atom stereocenters. The van der Waals surface area contributed by atoms with Crippen LogP contribution in [0.5, 0.6) is 5.75 Å². The molecular formula is C18H15ClN4O4. The van der Waals surface area contributed by atoms with Crippen LogP contribution < -0.4 is 10.1 Å². The van der Waals surface area contributed by atoms with Crippen molar-refractivity contribution >= 4 is 28.9 Å². The predicted octanol–water partition coefficient (Wildman–Crippen LogP) is 3.75. The molecule has 0 fully saturated rings. The summed E-state index contributed by atoms with van der Waals surface area (Å²) >= 11 is 5.76. The van der Waals surface area contributed by atoms with E-state index in [1.54, 1.807) is 18.0 Å². The summed E-state index contributed by atoms with van der Waals surface area (Å²) in [6.07, 6.45) is 3.17. The molecule has 0 saturated carbocycles. The van der Waals surface area contributed by atoms with Gasteiger partial charge in [0.05, 0.1) is 30.5 Å². The van der Waals surface area contributed by atoms with Crippen LogP contribution >= 0.6 is 11.6 Å². The quantitative estimate of drug-likeness (QED) is 0.513. The van der Waals surface area contributed by atoms with E-state index < -0.39 is 10.8 Å². The van der Waals surface area contributed by atoms with Crippen LogP contribution in [0.1, 0.15) is 15.9 Å². The Hall–Kier alpha value is -3.39. The van der Waals surface area contributed by atoms with Crippen molar-refractivity contribution in [3.05, 3.63) is 81.1 Å². The van der Waals surface area contributed by atoms with Gasteiger partial charge in [-0.05, 0) is 29.8 Å². The van der Waals surface area contributed by atoms with Gasteiger partial charge in [0.25, 0.3) is 11.6 Å². The van der Waals surface area contributed by atoms with Crippen LogP contribution in [0, 0.1) is 10.1 Å². The Kier molecular flexibility index (Phi) is 5.37. The molecule has 138 valence electrons. The summed E-state index contributed by atoms with van der Waals surface area (Å²) in [5, 5.41) is 17.8. The second-order valence-corrected chi connectivity index (χ2v) is 6.06. The third kappa shape index (κ3) is 4.42. The van der Waals surface area contributed by atoms with E-state index in [1.165, 1.54) is 18.3 Å². The molecule has 0 saturated heterocycles. The van der Waals surface area contributed by atoms with E-state index in [9.17, 15) is 14.9 Å². The van der Waals surface area contributed by atoms with Crippen molar-refractivity contribution in [3.8, 4) is 5.75 Å². The van der Waals surface area contributed by atoms with Crippen LogP contribution in [0.4, 0.5) is 11.4 Å². The number of nitro groups is 1. The van der Waals surface area contributed by atoms with Crippen LogP contribution in [-0.4, -0.2) is 27.7 Å². The minimum absolute atomic E-state index is 0.0253. The second-order valence-electron chi connectivity index (χ2n) is 5.66. The number of amides is 1. The van der Waals surface area contributed by atoms with Crippen molar-refractivity contribution in [2.75, 3.05) is 12.4 Å². The number of nitrogens with zero attached hydrogens (tertiary/aromatic N) is 3. The van der Waals surface area contributed by atoms with E-state index in [0.29, 0.717) is 12.2 Å². The Balaban J connectivity index is 1.71. The lowest BCUT2D eigenvalue weighted by Crippen LogP contribution is -2.11. The summed E-state index contributed by atoms with van der Waals surface area (Å²) in [6.45, 7) is 0.499. The molecule has 0 spiro atoms. The van der Waals surface area contributed by atoms with Gasteiger partial charge in [-0.25, -0.2) is 0 Å². The highest BCUT2D eigenvalue weighted by atomic mass is 35.5. The van der Waals surface area contributed by atoms with Gasteiger partial charge in [-0.15, -0.1) is 0 Å². The molecule has 0 radical (unpaired) electrons. The minimum atomic E-state index is -0.634. The summed E-state index contributed by atoms with van der Waals surface area (Å²) in [7, 11) is 1.60. The molecule has 0 aliphatic rings. The van der Waals surface area contributed by atoms with Gasteiger partial charge in [-0.3, -0.25) is 19.6 Å². The Bertz CT molecular complexity index is 1000. The number of hydrogen-bond acceptors (Lipinski definition) is 5. The zero-order chi connectivity index (χ0) is 19.4. The first-order valence-corrected chi connectivity index (χ1v) is 8.25. The number of nitro benzene ring substituents is 1. The Morgan fingerprint density at radius 1 is 1.33 bits per heavy atom. The zero-order valence-electron chi connectivity index (χ0n) is 14.3. The molecule has 1 aromatic heterocycles. The average Bonchev–Trinajstić information content (AvgIpc) is 3.08. The highest BCUT2D eigenvalue weighted by Gasteiger charge is 2.16. The van der Waals surface area contributed by atoms with Crippen molar-refractivity contribution in [1.29, 1.82) is 0 Å². The number of carbonyl (C=O) groups is 1. The van der Waals surface area contributed by atoms with Gasteiger partial charge in [0, 0.05) is 17.8 Å². The normalized spacial score (nSPS) is 10.4. The fourth-order valence-corrected chi connectivity index (χ4v) is 2.66. The largest absolute Gasteiger partial charge is 0.497 e. The monoisotopic (exact) mass is 386 g/mol. The molecule has 0 bridgehead atoms. The van der Waals surface area contributed by atoms with Crippen molar-refractivity contribution in [3.63, 3.8) is 0 Å². The molecule has 27 heavy (non-hydrogen) atoms. The van der Waals surface area contributed by atoms with E-state index in [4.69, 9.17) is 16.3 Å². The third-order valence-corrected chi connectivity index (χ3v) is 4.09. The van der Waals surface area contributed by atoms with Crippen molar-refractivity contribution < 1.29 is 14.5 Å². The topological polar surface area (TPSA) is 99.3 Å². The maximum absolute atomic E-state index is 12.3. The first-order chi connectivity index (χ1) is 13.0. The summed E-state index contributed by atoms with van der Waals surface area (Å²) in [4.78, 5) is 22.6. The van der Waals surface area contributed by atoms with Crippen LogP contribution in [0.2, 0.25) is 5.02 Å². The highest BCUT2D eigenvalue weighted by Crippen LogP contribution is 2.25. The standard InChI is InChI=1S/C18H15ClN4O4/c1-27-15-4-2-3-12(7-15)10-22-11-14(9-20-22)21-18(24)13-5-6-16(19)17(8-13)23(25)26/h2-9,11H,10H2,1H3,(H,21,24). The van der Waals surface area contributed by atoms with Crippen molar-refractivity contribution in [2.45, 2.75) is 6.54 Å². The maximum Gasteiger partial charge on any atom is 0.288 e. The second kappa shape index (κ2) is 7.88. The van der Waals surface area contributed by atoms with Gasteiger partial charge in [0.2, 0.25) is 0 Å². The molecule has 1 amide bonds. The summed E-state index contributed by atoms with van der Waals surface area (Å²) in [5.74, 6) is 0.258. The number of methoxy groups -OCH3 is 1. The molecule has 8 nitrogen and oxygen atoms in total. The SMILES string of the molecule is COc1cccc(Cn2cc(NC(=O)c3ccc(Cl)c([N+](=O)[O-])c3)cn2)c1. The van der Waals surface area contributed by atoms with E-state index in [0.717, 1.165) is 17.4 Å². The van der Waals surface area contributed by atoms with Crippen LogP contribution in [0.3, 0.4) is 0 Å². The highest BCUT2D eigenvalue weighted by molar-refractivity contribution is 6.32. The van der Waals surface area contributed by atoms with Crippen molar-refractivity contribution in [2.24, 2.45) is 0 Å². The molecule has 0 atom stereocenters. The van der Waals surface area contributed by atoms with Gasteiger partial charge >= 0.3 is 0 Å². The number of anilines is 1. The number of hydrogen-bond donors (Lipinski definition) is 1. The lowest BCUT2D eigenvalue weighted by molar-refractivity contribution is -0.384. The molecule has 1 heterocycles. The Labute approximate surface area is 159 Å². The summed E-state index contributed by atoms with van der Waals surface area (Å²) in [5.41, 5.74) is 1.27. The fourth-order valence-electron chi connectivity index (χ4n) is 2.47. The molecule has 3 rings (SSSR count). The van der Waals surface area contributed by atoms with E-state index >= 15 is 0 Å². The number of aromatic nitrogens is 2. The molecule has 9 heteroatoms. The van der Waals surface area contributed by atoms with Gasteiger partial charge < -0.3 is 10.1 Å². The number of ether oxygens (including phenoxy) is 1. The summed E-state index contributed by atoms with van der Waals surface area (Å²) in [6, 6.07) is 11.4. The molecule has 1 N–H and O–H groups in total. The first-order valence-electron chi connectivity index (χ1n) is 7.87. The van der Waals surface area contributed by atoms with E-state index in [2.05, 4.69) is 10.4 Å². The minimum Gasteiger partial charge on any atom is -0.497 e. The molecular weight excluding hydrogens is 372 g/mol. The van der Waals surface area contributed by atoms with Crippen molar-refractivity contribution in [1.82, 2.24) is 9.78 Å².